The Morgan fingerprint density at radius 2 is 1.83 bits per heavy atom. The van der Waals surface area contributed by atoms with E-state index in [2.05, 4.69) is 11.4 Å². The van der Waals surface area contributed by atoms with Gasteiger partial charge >= 0.3 is 0 Å². The van der Waals surface area contributed by atoms with Crippen LogP contribution in [0.4, 0.5) is 5.69 Å². The summed E-state index contributed by atoms with van der Waals surface area (Å²) in [7, 11) is 0. The highest BCUT2D eigenvalue weighted by Gasteiger charge is 2.22. The summed E-state index contributed by atoms with van der Waals surface area (Å²) in [4.78, 5) is 17.3. The number of nitrogens with one attached hydrogen (secondary N) is 1. The topological polar surface area (TPSA) is 51.2 Å². The van der Waals surface area contributed by atoms with Crippen molar-refractivity contribution < 1.29 is 9.53 Å². The Labute approximate surface area is 144 Å². The molecule has 1 aliphatic rings. The van der Waals surface area contributed by atoms with Gasteiger partial charge in [-0.3, -0.25) is 4.79 Å². The number of ether oxygens (including phenoxy) is 1. The molecule has 0 spiro atoms. The Hall–Kier alpha value is -2.24. The number of para-hydroxylation sites is 2. The van der Waals surface area contributed by atoms with Crippen molar-refractivity contribution in [1.82, 2.24) is 4.98 Å². The lowest BCUT2D eigenvalue weighted by molar-refractivity contribution is -0.122. The molecule has 0 unspecified atom stereocenters. The fraction of sp³-hybridized carbons (Fsp3) is 0.263. The van der Waals surface area contributed by atoms with Crippen LogP contribution in [0.2, 0.25) is 0 Å². The third-order valence-corrected chi connectivity index (χ3v) is 5.37. The predicted molar refractivity (Wildman–Crippen MR) is 97.2 cm³/mol. The molecule has 5 heteroatoms. The van der Waals surface area contributed by atoms with Gasteiger partial charge in [-0.25, -0.2) is 4.98 Å². The average molecular weight is 338 g/mol. The Bertz CT molecular complexity index is 835. The molecule has 0 bridgehead atoms. The highest BCUT2D eigenvalue weighted by molar-refractivity contribution is 7.21. The van der Waals surface area contributed by atoms with Gasteiger partial charge in [0, 0.05) is 24.7 Å². The summed E-state index contributed by atoms with van der Waals surface area (Å²) in [6.45, 7) is 1.33. The number of carbonyl (C=O) groups excluding carboxylic acids is 1. The van der Waals surface area contributed by atoms with Crippen molar-refractivity contribution in [1.29, 1.82) is 0 Å². The lowest BCUT2D eigenvalue weighted by Crippen LogP contribution is -2.28. The molecule has 1 aromatic heterocycles. The molecule has 0 atom stereocenters. The van der Waals surface area contributed by atoms with E-state index in [1.54, 1.807) is 11.3 Å². The molecule has 1 N–H and O–H groups in total. The van der Waals surface area contributed by atoms with Crippen LogP contribution in [-0.4, -0.2) is 24.1 Å². The van der Waals surface area contributed by atoms with E-state index in [0.29, 0.717) is 13.2 Å². The minimum absolute atomic E-state index is 0.0298. The number of nitrogens with zero attached hydrogens (tertiary/aromatic N) is 1. The molecule has 24 heavy (non-hydrogen) atoms. The van der Waals surface area contributed by atoms with Gasteiger partial charge in [0.05, 0.1) is 15.9 Å². The van der Waals surface area contributed by atoms with E-state index in [-0.39, 0.29) is 11.8 Å². The second-order valence-corrected chi connectivity index (χ2v) is 6.94. The molecular weight excluding hydrogens is 320 g/mol. The second kappa shape index (κ2) is 6.71. The van der Waals surface area contributed by atoms with Gasteiger partial charge in [0.25, 0.3) is 0 Å². The summed E-state index contributed by atoms with van der Waals surface area (Å²) in [6, 6.07) is 16.0. The molecule has 1 saturated heterocycles. The van der Waals surface area contributed by atoms with E-state index >= 15 is 0 Å². The molecule has 0 saturated carbocycles. The van der Waals surface area contributed by atoms with Crippen molar-refractivity contribution in [3.8, 4) is 10.6 Å². The molecule has 3 aromatic rings. The number of fused-ring (bicyclic) bond motifs is 1. The van der Waals surface area contributed by atoms with Crippen LogP contribution in [0, 0.1) is 5.92 Å². The van der Waals surface area contributed by atoms with E-state index in [1.807, 2.05) is 42.5 Å². The summed E-state index contributed by atoms with van der Waals surface area (Å²) in [5.41, 5.74) is 2.79. The maximum absolute atomic E-state index is 12.5. The SMILES string of the molecule is O=C(Nc1ccccc1-c1nc2ccccc2s1)C1CCOCC1. The Morgan fingerprint density at radius 1 is 1.08 bits per heavy atom. The van der Waals surface area contributed by atoms with E-state index in [4.69, 9.17) is 9.72 Å². The molecule has 122 valence electrons. The summed E-state index contributed by atoms with van der Waals surface area (Å²) < 4.78 is 6.49. The molecule has 0 radical (unpaired) electrons. The quantitative estimate of drug-likeness (QED) is 0.773. The first-order valence-electron chi connectivity index (χ1n) is 8.15. The lowest BCUT2D eigenvalue weighted by Gasteiger charge is -2.21. The van der Waals surface area contributed by atoms with E-state index in [0.717, 1.165) is 39.3 Å². The first-order valence-corrected chi connectivity index (χ1v) is 8.96. The molecular formula is C19H18N2O2S. The maximum atomic E-state index is 12.5. The van der Waals surface area contributed by atoms with Crippen LogP contribution in [0.15, 0.2) is 48.5 Å². The van der Waals surface area contributed by atoms with Crippen molar-refractivity contribution in [2.75, 3.05) is 18.5 Å². The first-order chi connectivity index (χ1) is 11.8. The Balaban J connectivity index is 1.63. The van der Waals surface area contributed by atoms with Gasteiger partial charge in [0.2, 0.25) is 5.91 Å². The summed E-state index contributed by atoms with van der Waals surface area (Å²) in [6.07, 6.45) is 1.57. The van der Waals surface area contributed by atoms with Gasteiger partial charge in [0.15, 0.2) is 0 Å². The highest BCUT2D eigenvalue weighted by Crippen LogP contribution is 2.34. The van der Waals surface area contributed by atoms with Crippen LogP contribution in [0.25, 0.3) is 20.8 Å². The van der Waals surface area contributed by atoms with Gasteiger partial charge < -0.3 is 10.1 Å². The number of hydrogen-bond acceptors (Lipinski definition) is 4. The van der Waals surface area contributed by atoms with Gasteiger partial charge in [-0.2, -0.15) is 0 Å². The number of carbonyl (C=O) groups is 1. The van der Waals surface area contributed by atoms with Crippen molar-refractivity contribution in [2.24, 2.45) is 5.92 Å². The van der Waals surface area contributed by atoms with Gasteiger partial charge in [-0.1, -0.05) is 24.3 Å². The smallest absolute Gasteiger partial charge is 0.227 e. The van der Waals surface area contributed by atoms with Crippen molar-refractivity contribution >= 4 is 33.1 Å². The van der Waals surface area contributed by atoms with Crippen LogP contribution in [-0.2, 0) is 9.53 Å². The zero-order chi connectivity index (χ0) is 16.4. The minimum atomic E-state index is 0.0298. The first kappa shape index (κ1) is 15.3. The van der Waals surface area contributed by atoms with E-state index in [1.165, 1.54) is 0 Å². The highest BCUT2D eigenvalue weighted by atomic mass is 32.1. The molecule has 4 nitrogen and oxygen atoms in total. The minimum Gasteiger partial charge on any atom is -0.381 e. The molecule has 1 amide bonds. The number of aromatic nitrogens is 1. The number of benzene rings is 2. The maximum Gasteiger partial charge on any atom is 0.227 e. The largest absolute Gasteiger partial charge is 0.381 e. The standard InChI is InChI=1S/C19H18N2O2S/c22-18(13-9-11-23-12-10-13)20-15-6-2-1-5-14(15)19-21-16-7-3-4-8-17(16)24-19/h1-8,13H,9-12H2,(H,20,22). The van der Waals surface area contributed by atoms with Gasteiger partial charge in [-0.05, 0) is 37.1 Å². The van der Waals surface area contributed by atoms with Crippen molar-refractivity contribution in [3.05, 3.63) is 48.5 Å². The molecule has 0 aliphatic carbocycles. The van der Waals surface area contributed by atoms with Crippen LogP contribution in [0.3, 0.4) is 0 Å². The van der Waals surface area contributed by atoms with Gasteiger partial charge in [-0.15, -0.1) is 11.3 Å². The normalized spacial score (nSPS) is 15.5. The van der Waals surface area contributed by atoms with Crippen molar-refractivity contribution in [3.63, 3.8) is 0 Å². The van der Waals surface area contributed by atoms with Gasteiger partial charge in [0.1, 0.15) is 5.01 Å². The summed E-state index contributed by atoms with van der Waals surface area (Å²) in [5.74, 6) is 0.106. The predicted octanol–water partition coefficient (Wildman–Crippen LogP) is 4.33. The monoisotopic (exact) mass is 338 g/mol. The van der Waals surface area contributed by atoms with Crippen LogP contribution in [0.1, 0.15) is 12.8 Å². The second-order valence-electron chi connectivity index (χ2n) is 5.91. The number of amides is 1. The fourth-order valence-corrected chi connectivity index (χ4v) is 3.97. The van der Waals surface area contributed by atoms with E-state index in [9.17, 15) is 4.79 Å². The lowest BCUT2D eigenvalue weighted by atomic mass is 9.99. The molecule has 2 aromatic carbocycles. The third-order valence-electron chi connectivity index (χ3n) is 4.30. The number of anilines is 1. The van der Waals surface area contributed by atoms with Crippen LogP contribution in [0.5, 0.6) is 0 Å². The number of thiazole rings is 1. The summed E-state index contributed by atoms with van der Waals surface area (Å²) in [5, 5.41) is 4.02. The van der Waals surface area contributed by atoms with Crippen molar-refractivity contribution in [2.45, 2.75) is 12.8 Å². The third kappa shape index (κ3) is 3.05. The zero-order valence-electron chi connectivity index (χ0n) is 13.2. The Kier molecular flexibility index (Phi) is 4.28. The Morgan fingerprint density at radius 3 is 2.67 bits per heavy atom. The number of rotatable bonds is 3. The molecule has 4 rings (SSSR count). The molecule has 2 heterocycles. The number of hydrogen-bond donors (Lipinski definition) is 1. The molecule has 1 fully saturated rings. The summed E-state index contributed by atoms with van der Waals surface area (Å²) >= 11 is 1.64. The van der Waals surface area contributed by atoms with Crippen LogP contribution >= 0.6 is 11.3 Å². The fourth-order valence-electron chi connectivity index (χ4n) is 2.96. The van der Waals surface area contributed by atoms with E-state index < -0.39 is 0 Å². The molecule has 1 aliphatic heterocycles. The average Bonchev–Trinajstić information content (AvgIpc) is 3.07. The van der Waals surface area contributed by atoms with Crippen LogP contribution < -0.4 is 5.32 Å². The zero-order valence-corrected chi connectivity index (χ0v) is 14.0.